The zero-order valence-electron chi connectivity index (χ0n) is 15.3. The van der Waals surface area contributed by atoms with E-state index in [1.807, 2.05) is 0 Å². The summed E-state index contributed by atoms with van der Waals surface area (Å²) >= 11 is 0. The van der Waals surface area contributed by atoms with Crippen LogP contribution < -0.4 is 5.32 Å². The molecule has 1 aromatic carbocycles. The minimum Gasteiger partial charge on any atom is -0.376 e. The molecule has 3 heteroatoms. The average molecular weight is 319 g/mol. The highest BCUT2D eigenvalue weighted by Crippen LogP contribution is 2.39. The summed E-state index contributed by atoms with van der Waals surface area (Å²) in [4.78, 5) is 2.22. The Hall–Kier alpha value is -0.900. The molecule has 1 aliphatic rings. The Morgan fingerprint density at radius 1 is 1.22 bits per heavy atom. The molecule has 1 N–H and O–H groups in total. The number of ether oxygens (including phenoxy) is 1. The van der Waals surface area contributed by atoms with Gasteiger partial charge in [-0.15, -0.1) is 0 Å². The van der Waals surface area contributed by atoms with Gasteiger partial charge < -0.3 is 15.0 Å². The van der Waals surface area contributed by atoms with Gasteiger partial charge in [-0.05, 0) is 71.1 Å². The molecule has 1 fully saturated rings. The molecule has 1 heterocycles. The van der Waals surface area contributed by atoms with Crippen molar-refractivity contribution in [3.63, 3.8) is 0 Å². The first kappa shape index (κ1) is 18.4. The van der Waals surface area contributed by atoms with Gasteiger partial charge in [0.2, 0.25) is 0 Å². The molecule has 0 bridgehead atoms. The maximum absolute atomic E-state index is 5.93. The Balaban J connectivity index is 1.95. The second-order valence-electron chi connectivity index (χ2n) is 7.72. The largest absolute Gasteiger partial charge is 0.376 e. The van der Waals surface area contributed by atoms with Gasteiger partial charge in [0, 0.05) is 19.7 Å². The van der Waals surface area contributed by atoms with E-state index in [2.05, 4.69) is 68.5 Å². The number of likely N-dealkylation sites (N-methyl/N-ethyl adjacent to an activating group) is 1. The Kier molecular flexibility index (Phi) is 7.07. The van der Waals surface area contributed by atoms with Crippen molar-refractivity contribution in [2.24, 2.45) is 5.92 Å². The van der Waals surface area contributed by atoms with Crippen LogP contribution in [0.5, 0.6) is 0 Å². The summed E-state index contributed by atoms with van der Waals surface area (Å²) in [6.07, 6.45) is 3.54. The molecule has 0 spiro atoms. The number of hydrogen-bond acceptors (Lipinski definition) is 3. The Morgan fingerprint density at radius 2 is 1.96 bits per heavy atom. The van der Waals surface area contributed by atoms with Crippen molar-refractivity contribution in [1.82, 2.24) is 10.2 Å². The molecule has 1 saturated heterocycles. The third kappa shape index (κ3) is 6.25. The van der Waals surface area contributed by atoms with E-state index in [0.717, 1.165) is 38.6 Å². The van der Waals surface area contributed by atoms with E-state index >= 15 is 0 Å². The van der Waals surface area contributed by atoms with Crippen molar-refractivity contribution in [2.45, 2.75) is 44.6 Å². The Morgan fingerprint density at radius 3 is 2.61 bits per heavy atom. The van der Waals surface area contributed by atoms with Crippen LogP contribution in [0.2, 0.25) is 0 Å². The van der Waals surface area contributed by atoms with Crippen molar-refractivity contribution >= 4 is 0 Å². The van der Waals surface area contributed by atoms with Crippen LogP contribution in [0.4, 0.5) is 0 Å². The van der Waals surface area contributed by atoms with E-state index in [4.69, 9.17) is 4.74 Å². The van der Waals surface area contributed by atoms with Crippen molar-refractivity contribution in [1.29, 1.82) is 0 Å². The third-order valence-corrected chi connectivity index (χ3v) is 4.90. The topological polar surface area (TPSA) is 24.5 Å². The van der Waals surface area contributed by atoms with Gasteiger partial charge in [-0.1, -0.05) is 30.3 Å². The quantitative estimate of drug-likeness (QED) is 0.742. The lowest BCUT2D eigenvalue weighted by Gasteiger charge is -2.39. The molecule has 130 valence electrons. The minimum absolute atomic E-state index is 0.0221. The van der Waals surface area contributed by atoms with E-state index in [1.165, 1.54) is 18.4 Å². The fourth-order valence-electron chi connectivity index (χ4n) is 3.68. The van der Waals surface area contributed by atoms with E-state index in [-0.39, 0.29) is 5.60 Å². The lowest BCUT2D eigenvalue weighted by molar-refractivity contribution is -0.0771. The first-order valence-corrected chi connectivity index (χ1v) is 9.02. The van der Waals surface area contributed by atoms with Crippen LogP contribution in [0.15, 0.2) is 30.3 Å². The van der Waals surface area contributed by atoms with Gasteiger partial charge in [0.25, 0.3) is 0 Å². The molecule has 0 aliphatic carbocycles. The molecule has 1 aliphatic heterocycles. The van der Waals surface area contributed by atoms with Gasteiger partial charge in [0.15, 0.2) is 0 Å². The molecule has 3 nitrogen and oxygen atoms in total. The standard InChI is InChI=1S/C20H34N2O/c1-20(2)16-18(11-15-23-20)19(17-8-6-5-7-9-17)10-12-21-13-14-22(3)4/h5-9,18-19,21H,10-16H2,1-4H3/t18-,19-/m1/s1. The zero-order chi connectivity index (χ0) is 16.7. The Bertz CT molecular complexity index is 444. The molecular weight excluding hydrogens is 284 g/mol. The van der Waals surface area contributed by atoms with E-state index in [9.17, 15) is 0 Å². The van der Waals surface area contributed by atoms with Gasteiger partial charge in [-0.25, -0.2) is 0 Å². The van der Waals surface area contributed by atoms with E-state index in [1.54, 1.807) is 0 Å². The molecule has 1 aromatic rings. The summed E-state index contributed by atoms with van der Waals surface area (Å²) in [7, 11) is 4.25. The highest BCUT2D eigenvalue weighted by atomic mass is 16.5. The molecule has 0 amide bonds. The Labute approximate surface area is 142 Å². The lowest BCUT2D eigenvalue weighted by atomic mass is 9.75. The van der Waals surface area contributed by atoms with E-state index in [0.29, 0.717) is 5.92 Å². The van der Waals surface area contributed by atoms with Gasteiger partial charge in [-0.2, -0.15) is 0 Å². The average Bonchev–Trinajstić information content (AvgIpc) is 2.50. The fraction of sp³-hybridized carbons (Fsp3) is 0.700. The van der Waals surface area contributed by atoms with Crippen LogP contribution in [-0.4, -0.2) is 50.8 Å². The molecule has 0 radical (unpaired) electrons. The van der Waals surface area contributed by atoms with Crippen molar-refractivity contribution in [3.05, 3.63) is 35.9 Å². The number of nitrogens with one attached hydrogen (secondary N) is 1. The summed E-state index contributed by atoms with van der Waals surface area (Å²) in [5, 5.41) is 3.60. The summed E-state index contributed by atoms with van der Waals surface area (Å²) in [6.45, 7) is 8.61. The second-order valence-corrected chi connectivity index (χ2v) is 7.72. The molecule has 0 unspecified atom stereocenters. The van der Waals surface area contributed by atoms with Crippen LogP contribution in [0.3, 0.4) is 0 Å². The van der Waals surface area contributed by atoms with Crippen molar-refractivity contribution in [2.75, 3.05) is 40.3 Å². The van der Waals surface area contributed by atoms with Gasteiger partial charge in [0.05, 0.1) is 5.60 Å². The van der Waals surface area contributed by atoms with Crippen molar-refractivity contribution in [3.8, 4) is 0 Å². The summed E-state index contributed by atoms with van der Waals surface area (Å²) < 4.78 is 5.93. The predicted molar refractivity (Wildman–Crippen MR) is 98.0 cm³/mol. The smallest absolute Gasteiger partial charge is 0.0629 e. The molecule has 0 saturated carbocycles. The zero-order valence-corrected chi connectivity index (χ0v) is 15.3. The number of rotatable bonds is 8. The van der Waals surface area contributed by atoms with Gasteiger partial charge in [-0.3, -0.25) is 0 Å². The number of benzene rings is 1. The third-order valence-electron chi connectivity index (χ3n) is 4.90. The van der Waals surface area contributed by atoms with Crippen LogP contribution in [0.25, 0.3) is 0 Å². The predicted octanol–water partition coefficient (Wildman–Crippen LogP) is 3.52. The first-order valence-electron chi connectivity index (χ1n) is 9.02. The summed E-state index contributed by atoms with van der Waals surface area (Å²) in [5.74, 6) is 1.35. The fourth-order valence-corrected chi connectivity index (χ4v) is 3.68. The summed E-state index contributed by atoms with van der Waals surface area (Å²) in [6, 6.07) is 11.1. The lowest BCUT2D eigenvalue weighted by Crippen LogP contribution is -2.37. The molecule has 2 atom stereocenters. The van der Waals surface area contributed by atoms with Crippen LogP contribution in [0.1, 0.15) is 44.6 Å². The molecule has 23 heavy (non-hydrogen) atoms. The van der Waals surface area contributed by atoms with Gasteiger partial charge in [0.1, 0.15) is 0 Å². The molecule has 2 rings (SSSR count). The summed E-state index contributed by atoms with van der Waals surface area (Å²) in [5.41, 5.74) is 1.51. The normalized spacial score (nSPS) is 22.2. The highest BCUT2D eigenvalue weighted by Gasteiger charge is 2.33. The van der Waals surface area contributed by atoms with Crippen LogP contribution in [0, 0.1) is 5.92 Å². The monoisotopic (exact) mass is 318 g/mol. The maximum Gasteiger partial charge on any atom is 0.0629 e. The number of hydrogen-bond donors (Lipinski definition) is 1. The van der Waals surface area contributed by atoms with Crippen LogP contribution >= 0.6 is 0 Å². The molecule has 0 aromatic heterocycles. The minimum atomic E-state index is 0.0221. The highest BCUT2D eigenvalue weighted by molar-refractivity contribution is 5.20. The maximum atomic E-state index is 5.93. The first-order chi connectivity index (χ1) is 11.0. The van der Waals surface area contributed by atoms with Crippen LogP contribution in [-0.2, 0) is 4.74 Å². The van der Waals surface area contributed by atoms with Crippen molar-refractivity contribution < 1.29 is 4.74 Å². The SMILES string of the molecule is CN(C)CCNCC[C@H](c1ccccc1)[C@@H]1CCOC(C)(C)C1. The number of nitrogens with zero attached hydrogens (tertiary/aromatic N) is 1. The van der Waals surface area contributed by atoms with Gasteiger partial charge >= 0.3 is 0 Å². The van der Waals surface area contributed by atoms with E-state index < -0.39 is 0 Å². The second kappa shape index (κ2) is 8.81. The molecular formula is C20H34N2O.